The van der Waals surface area contributed by atoms with Gasteiger partial charge in [-0.1, -0.05) is 11.8 Å². The highest BCUT2D eigenvalue weighted by molar-refractivity contribution is 7.98. The Morgan fingerprint density at radius 2 is 2.28 bits per heavy atom. The van der Waals surface area contributed by atoms with E-state index in [0.717, 1.165) is 25.5 Å². The molecule has 1 fully saturated rings. The van der Waals surface area contributed by atoms with E-state index in [1.165, 1.54) is 11.8 Å². The monoisotopic (exact) mass is 269 g/mol. The molecule has 4 N–H and O–H groups in total. The maximum absolute atomic E-state index is 5.40. The summed E-state index contributed by atoms with van der Waals surface area (Å²) in [6.07, 6.45) is 3.03. The van der Waals surface area contributed by atoms with Gasteiger partial charge in [0.1, 0.15) is 11.6 Å². The number of ether oxygens (including phenoxy) is 1. The summed E-state index contributed by atoms with van der Waals surface area (Å²) in [6.45, 7) is 3.82. The molecular formula is C11H19N5OS. The van der Waals surface area contributed by atoms with E-state index in [4.69, 9.17) is 10.6 Å². The highest BCUT2D eigenvalue weighted by Crippen LogP contribution is 2.22. The number of nitrogens with zero attached hydrogens (tertiary/aromatic N) is 2. The van der Waals surface area contributed by atoms with Crippen molar-refractivity contribution in [3.63, 3.8) is 0 Å². The average molecular weight is 269 g/mol. The Kier molecular flexibility index (Phi) is 4.62. The van der Waals surface area contributed by atoms with Crippen molar-refractivity contribution in [2.75, 3.05) is 30.2 Å². The molecule has 0 bridgehead atoms. The fourth-order valence-electron chi connectivity index (χ4n) is 1.96. The SMILES string of the molecule is CSc1nc(NN)cc(NC(C)C2CCOC2)n1. The maximum Gasteiger partial charge on any atom is 0.191 e. The van der Waals surface area contributed by atoms with Gasteiger partial charge in [-0.25, -0.2) is 15.8 Å². The van der Waals surface area contributed by atoms with Gasteiger partial charge in [0.15, 0.2) is 5.16 Å². The summed E-state index contributed by atoms with van der Waals surface area (Å²) in [5, 5.41) is 4.09. The largest absolute Gasteiger partial charge is 0.381 e. The quantitative estimate of drug-likeness (QED) is 0.322. The summed E-state index contributed by atoms with van der Waals surface area (Å²) in [7, 11) is 0. The predicted octanol–water partition coefficient (Wildman–Crippen LogP) is 1.32. The van der Waals surface area contributed by atoms with Gasteiger partial charge < -0.3 is 15.5 Å². The number of aromatic nitrogens is 2. The van der Waals surface area contributed by atoms with E-state index in [1.807, 2.05) is 12.3 Å². The number of anilines is 2. The second-order valence-corrected chi connectivity index (χ2v) is 5.10. The smallest absolute Gasteiger partial charge is 0.191 e. The minimum absolute atomic E-state index is 0.322. The summed E-state index contributed by atoms with van der Waals surface area (Å²) >= 11 is 1.49. The summed E-state index contributed by atoms with van der Waals surface area (Å²) in [4.78, 5) is 8.64. The second-order valence-electron chi connectivity index (χ2n) is 4.33. The standard InChI is InChI=1S/C11H19N5OS/c1-7(8-3-4-17-6-8)13-9-5-10(16-12)15-11(14-9)18-2/h5,7-8H,3-4,6,12H2,1-2H3,(H2,13,14,15,16). The molecule has 0 aromatic carbocycles. The third-order valence-corrected chi connectivity index (χ3v) is 3.63. The zero-order valence-corrected chi connectivity index (χ0v) is 11.5. The van der Waals surface area contributed by atoms with E-state index < -0.39 is 0 Å². The van der Waals surface area contributed by atoms with Crippen molar-refractivity contribution in [2.45, 2.75) is 24.5 Å². The Bertz CT molecular complexity index is 375. The number of hydrazine groups is 1. The van der Waals surface area contributed by atoms with Crippen LogP contribution < -0.4 is 16.6 Å². The molecule has 2 rings (SSSR count). The van der Waals surface area contributed by atoms with Crippen LogP contribution in [0.15, 0.2) is 11.2 Å². The van der Waals surface area contributed by atoms with Crippen LogP contribution in [0.3, 0.4) is 0 Å². The van der Waals surface area contributed by atoms with Crippen molar-refractivity contribution in [3.8, 4) is 0 Å². The number of nitrogen functional groups attached to an aromatic ring is 1. The Balaban J connectivity index is 2.07. The molecule has 1 aromatic rings. The molecule has 2 atom stereocenters. The number of rotatable bonds is 5. The number of nitrogens with one attached hydrogen (secondary N) is 2. The lowest BCUT2D eigenvalue weighted by molar-refractivity contribution is 0.183. The molecule has 1 aliphatic heterocycles. The van der Waals surface area contributed by atoms with E-state index in [1.54, 1.807) is 0 Å². The molecule has 1 aliphatic rings. The minimum atomic E-state index is 0.322. The fourth-order valence-corrected chi connectivity index (χ4v) is 2.34. The predicted molar refractivity (Wildman–Crippen MR) is 73.6 cm³/mol. The zero-order chi connectivity index (χ0) is 13.0. The van der Waals surface area contributed by atoms with Crippen LogP contribution in [0.2, 0.25) is 0 Å². The normalized spacial score (nSPS) is 20.7. The number of hydrogen-bond acceptors (Lipinski definition) is 7. The van der Waals surface area contributed by atoms with E-state index in [9.17, 15) is 0 Å². The van der Waals surface area contributed by atoms with Gasteiger partial charge in [0.2, 0.25) is 0 Å². The molecule has 0 amide bonds. The molecule has 100 valence electrons. The molecule has 7 heteroatoms. The van der Waals surface area contributed by atoms with Crippen LogP contribution in [0.5, 0.6) is 0 Å². The zero-order valence-electron chi connectivity index (χ0n) is 10.6. The van der Waals surface area contributed by atoms with Crippen molar-refractivity contribution in [1.29, 1.82) is 0 Å². The summed E-state index contributed by atoms with van der Waals surface area (Å²) in [6, 6.07) is 2.13. The Labute approximate surface area is 111 Å². The lowest BCUT2D eigenvalue weighted by atomic mass is 10.0. The maximum atomic E-state index is 5.40. The Morgan fingerprint density at radius 1 is 1.50 bits per heavy atom. The first-order chi connectivity index (χ1) is 8.72. The molecule has 6 nitrogen and oxygen atoms in total. The first-order valence-corrected chi connectivity index (χ1v) is 7.19. The first-order valence-electron chi connectivity index (χ1n) is 5.97. The van der Waals surface area contributed by atoms with Crippen molar-refractivity contribution in [2.24, 2.45) is 11.8 Å². The summed E-state index contributed by atoms with van der Waals surface area (Å²) in [5.74, 6) is 7.34. The molecule has 0 saturated carbocycles. The lowest BCUT2D eigenvalue weighted by Crippen LogP contribution is -2.26. The van der Waals surface area contributed by atoms with Gasteiger partial charge >= 0.3 is 0 Å². The lowest BCUT2D eigenvalue weighted by Gasteiger charge is -2.20. The van der Waals surface area contributed by atoms with Crippen molar-refractivity contribution in [1.82, 2.24) is 9.97 Å². The van der Waals surface area contributed by atoms with Crippen molar-refractivity contribution >= 4 is 23.4 Å². The van der Waals surface area contributed by atoms with Gasteiger partial charge in [-0.3, -0.25) is 0 Å². The minimum Gasteiger partial charge on any atom is -0.381 e. The second kappa shape index (κ2) is 6.21. The van der Waals surface area contributed by atoms with Gasteiger partial charge in [-0.15, -0.1) is 0 Å². The summed E-state index contributed by atoms with van der Waals surface area (Å²) in [5.41, 5.74) is 2.56. The highest BCUT2D eigenvalue weighted by atomic mass is 32.2. The third-order valence-electron chi connectivity index (χ3n) is 3.08. The highest BCUT2D eigenvalue weighted by Gasteiger charge is 2.22. The van der Waals surface area contributed by atoms with E-state index >= 15 is 0 Å². The van der Waals surface area contributed by atoms with Crippen molar-refractivity contribution < 1.29 is 4.74 Å². The van der Waals surface area contributed by atoms with Crippen LogP contribution in [-0.4, -0.2) is 35.5 Å². The topological polar surface area (TPSA) is 85.1 Å². The van der Waals surface area contributed by atoms with Crippen LogP contribution in [0, 0.1) is 5.92 Å². The molecule has 1 aromatic heterocycles. The van der Waals surface area contributed by atoms with Gasteiger partial charge in [0, 0.05) is 24.6 Å². The van der Waals surface area contributed by atoms with E-state index in [0.29, 0.717) is 22.9 Å². The molecule has 18 heavy (non-hydrogen) atoms. The molecule has 0 radical (unpaired) electrons. The van der Waals surface area contributed by atoms with E-state index in [-0.39, 0.29) is 0 Å². The number of nitrogens with two attached hydrogens (primary N) is 1. The van der Waals surface area contributed by atoms with Crippen LogP contribution in [0.4, 0.5) is 11.6 Å². The summed E-state index contributed by atoms with van der Waals surface area (Å²) < 4.78 is 5.40. The molecule has 2 unspecified atom stereocenters. The van der Waals surface area contributed by atoms with Crippen molar-refractivity contribution in [3.05, 3.63) is 6.07 Å². The molecule has 0 spiro atoms. The Hall–Kier alpha value is -1.05. The van der Waals surface area contributed by atoms with Crippen LogP contribution in [0.1, 0.15) is 13.3 Å². The van der Waals surface area contributed by atoms with Crippen LogP contribution in [-0.2, 0) is 4.74 Å². The van der Waals surface area contributed by atoms with Gasteiger partial charge in [-0.05, 0) is 19.6 Å². The van der Waals surface area contributed by atoms with E-state index in [2.05, 4.69) is 27.6 Å². The molecule has 0 aliphatic carbocycles. The van der Waals surface area contributed by atoms with Gasteiger partial charge in [0.05, 0.1) is 6.61 Å². The number of thioether (sulfide) groups is 1. The average Bonchev–Trinajstić information content (AvgIpc) is 2.92. The first kappa shape index (κ1) is 13.4. The van der Waals surface area contributed by atoms with Crippen LogP contribution >= 0.6 is 11.8 Å². The Morgan fingerprint density at radius 3 is 2.89 bits per heavy atom. The molecule has 2 heterocycles. The fraction of sp³-hybridized carbons (Fsp3) is 0.636. The van der Waals surface area contributed by atoms with Gasteiger partial charge in [0.25, 0.3) is 0 Å². The van der Waals surface area contributed by atoms with Gasteiger partial charge in [-0.2, -0.15) is 0 Å². The molecular weight excluding hydrogens is 250 g/mol. The number of hydrogen-bond donors (Lipinski definition) is 3. The molecule has 1 saturated heterocycles. The van der Waals surface area contributed by atoms with Crippen LogP contribution in [0.25, 0.3) is 0 Å². The third kappa shape index (κ3) is 3.24.